The molecule has 4 amide bonds. The zero-order valence-corrected chi connectivity index (χ0v) is 19.6. The molecule has 14 nitrogen and oxygen atoms in total. The molecule has 11 N–H and O–H groups in total. The zero-order valence-electron chi connectivity index (χ0n) is 18.7. The van der Waals surface area contributed by atoms with E-state index in [9.17, 15) is 33.9 Å². The summed E-state index contributed by atoms with van der Waals surface area (Å²) in [5.41, 5.74) is 16.1. The number of carbonyl (C=O) groups is 6. The highest BCUT2D eigenvalue weighted by atomic mass is 32.1. The Bertz CT molecular complexity index is 738. The van der Waals surface area contributed by atoms with Gasteiger partial charge in [-0.05, 0) is 38.6 Å². The van der Waals surface area contributed by atoms with Crippen molar-refractivity contribution < 1.29 is 39.0 Å². The third kappa shape index (κ3) is 13.0. The Kier molecular flexibility index (Phi) is 15.2. The number of primary amides is 1. The number of carbonyl (C=O) groups excluding carboxylic acids is 4. The number of carboxylic acids is 2. The third-order valence-corrected chi connectivity index (χ3v) is 5.08. The van der Waals surface area contributed by atoms with E-state index in [1.807, 2.05) is 0 Å². The molecule has 0 rings (SSSR count). The first kappa shape index (κ1) is 31.1. The average molecular weight is 507 g/mol. The van der Waals surface area contributed by atoms with E-state index in [0.29, 0.717) is 19.4 Å². The van der Waals surface area contributed by atoms with Gasteiger partial charge in [0.25, 0.3) is 0 Å². The van der Waals surface area contributed by atoms with E-state index >= 15 is 0 Å². The quantitative estimate of drug-likeness (QED) is 0.0674. The Morgan fingerprint density at radius 2 is 1.26 bits per heavy atom. The van der Waals surface area contributed by atoms with Crippen LogP contribution in [0, 0.1) is 0 Å². The second kappa shape index (κ2) is 16.7. The maximum absolute atomic E-state index is 12.8. The van der Waals surface area contributed by atoms with E-state index in [1.165, 1.54) is 0 Å². The van der Waals surface area contributed by atoms with Gasteiger partial charge in [0.15, 0.2) is 0 Å². The predicted octanol–water partition coefficient (Wildman–Crippen LogP) is -2.96. The summed E-state index contributed by atoms with van der Waals surface area (Å²) in [6.45, 7) is 0.317. The van der Waals surface area contributed by atoms with Crippen molar-refractivity contribution in [3.05, 3.63) is 0 Å². The summed E-state index contributed by atoms with van der Waals surface area (Å²) in [4.78, 5) is 71.0. The monoisotopic (exact) mass is 506 g/mol. The van der Waals surface area contributed by atoms with E-state index < -0.39 is 66.2 Å². The van der Waals surface area contributed by atoms with Crippen molar-refractivity contribution in [2.45, 2.75) is 69.1 Å². The van der Waals surface area contributed by atoms with Crippen LogP contribution in [0.3, 0.4) is 0 Å². The number of amides is 4. The molecule has 4 unspecified atom stereocenters. The van der Waals surface area contributed by atoms with Crippen LogP contribution in [0.1, 0.15) is 44.9 Å². The Balaban J connectivity index is 5.53. The van der Waals surface area contributed by atoms with Crippen molar-refractivity contribution in [1.82, 2.24) is 16.0 Å². The number of carboxylic acid groups (broad SMARTS) is 2. The number of aliphatic carboxylic acids is 2. The van der Waals surface area contributed by atoms with E-state index in [1.54, 1.807) is 0 Å². The molecule has 0 fully saturated rings. The van der Waals surface area contributed by atoms with Gasteiger partial charge in [-0.15, -0.1) is 0 Å². The van der Waals surface area contributed by atoms with E-state index in [2.05, 4.69) is 28.6 Å². The summed E-state index contributed by atoms with van der Waals surface area (Å²) < 4.78 is 0. The highest BCUT2D eigenvalue weighted by Gasteiger charge is 2.30. The molecule has 0 bridgehead atoms. The number of thiol groups is 1. The normalized spacial score (nSPS) is 14.2. The van der Waals surface area contributed by atoms with Crippen LogP contribution in [-0.2, 0) is 28.8 Å². The molecule has 15 heteroatoms. The largest absolute Gasteiger partial charge is 0.481 e. The molecule has 0 spiro atoms. The van der Waals surface area contributed by atoms with Gasteiger partial charge in [0, 0.05) is 18.6 Å². The number of nitrogens with one attached hydrogen (secondary N) is 3. The van der Waals surface area contributed by atoms with Crippen LogP contribution in [0.2, 0.25) is 0 Å². The Morgan fingerprint density at radius 3 is 1.74 bits per heavy atom. The molecule has 0 aliphatic heterocycles. The molecule has 0 aromatic rings. The van der Waals surface area contributed by atoms with E-state index in [0.717, 1.165) is 0 Å². The van der Waals surface area contributed by atoms with Crippen molar-refractivity contribution in [1.29, 1.82) is 0 Å². The van der Waals surface area contributed by atoms with Gasteiger partial charge in [-0.3, -0.25) is 24.0 Å². The van der Waals surface area contributed by atoms with Crippen molar-refractivity contribution in [3.63, 3.8) is 0 Å². The standard InChI is InChI=1S/C19H34N6O8S/c20-8-2-1-3-11(17(30)25-13(19(32)33)4-6-14(22)26)24-18(31)12(5-7-15(27)28)23-16(29)10(21)9-34/h10-13,34H,1-9,20-21H2,(H2,22,26)(H,23,29)(H,24,31)(H,25,30)(H,27,28)(H,32,33). The maximum atomic E-state index is 12.8. The minimum absolute atomic E-state index is 0.0227. The van der Waals surface area contributed by atoms with Gasteiger partial charge in [0.05, 0.1) is 6.04 Å². The highest BCUT2D eigenvalue weighted by Crippen LogP contribution is 2.06. The SMILES string of the molecule is NCCCCC(NC(=O)C(CCC(=O)O)NC(=O)C(N)CS)C(=O)NC(CCC(N)=O)C(=O)O. The average Bonchev–Trinajstić information content (AvgIpc) is 2.77. The second-order valence-corrected chi connectivity index (χ2v) is 7.90. The van der Waals surface area contributed by atoms with E-state index in [4.69, 9.17) is 22.3 Å². The first-order valence-corrected chi connectivity index (χ1v) is 11.3. The maximum Gasteiger partial charge on any atom is 0.326 e. The predicted molar refractivity (Wildman–Crippen MR) is 123 cm³/mol. The molecule has 0 aromatic heterocycles. The van der Waals surface area contributed by atoms with Crippen LogP contribution >= 0.6 is 12.6 Å². The summed E-state index contributed by atoms with van der Waals surface area (Å²) in [5, 5.41) is 25.3. The van der Waals surface area contributed by atoms with Crippen LogP contribution in [-0.4, -0.2) is 82.2 Å². The lowest BCUT2D eigenvalue weighted by Gasteiger charge is -2.25. The fourth-order valence-corrected chi connectivity index (χ4v) is 2.91. The Labute approximate surface area is 202 Å². The number of rotatable bonds is 18. The molecule has 0 heterocycles. The first-order chi connectivity index (χ1) is 15.9. The molecule has 0 aliphatic rings. The molecule has 0 saturated carbocycles. The van der Waals surface area contributed by atoms with Gasteiger partial charge in [-0.1, -0.05) is 0 Å². The molecule has 194 valence electrons. The number of nitrogens with two attached hydrogens (primary N) is 3. The smallest absolute Gasteiger partial charge is 0.326 e. The molecular weight excluding hydrogens is 472 g/mol. The van der Waals surface area contributed by atoms with Gasteiger partial charge in [0.1, 0.15) is 18.1 Å². The van der Waals surface area contributed by atoms with Crippen molar-refractivity contribution >= 4 is 48.2 Å². The van der Waals surface area contributed by atoms with Crippen molar-refractivity contribution in [3.8, 4) is 0 Å². The van der Waals surface area contributed by atoms with Gasteiger partial charge < -0.3 is 43.4 Å². The summed E-state index contributed by atoms with van der Waals surface area (Å²) in [7, 11) is 0. The molecule has 0 radical (unpaired) electrons. The number of hydrogen-bond donors (Lipinski definition) is 9. The summed E-state index contributed by atoms with van der Waals surface area (Å²) >= 11 is 3.90. The van der Waals surface area contributed by atoms with Crippen LogP contribution in [0.4, 0.5) is 0 Å². The lowest BCUT2D eigenvalue weighted by atomic mass is 10.0. The Morgan fingerprint density at radius 1 is 0.765 bits per heavy atom. The number of hydrogen-bond acceptors (Lipinski definition) is 9. The fourth-order valence-electron chi connectivity index (χ4n) is 2.75. The van der Waals surface area contributed by atoms with Crippen molar-refractivity contribution in [2.75, 3.05) is 12.3 Å². The lowest BCUT2D eigenvalue weighted by molar-refractivity contribution is -0.142. The van der Waals surface area contributed by atoms with Gasteiger partial charge in [-0.25, -0.2) is 4.79 Å². The topological polar surface area (TPSA) is 257 Å². The number of unbranched alkanes of at least 4 members (excludes halogenated alkanes) is 1. The summed E-state index contributed by atoms with van der Waals surface area (Å²) in [5.74, 6) is -5.79. The molecular formula is C19H34N6O8S. The van der Waals surface area contributed by atoms with Gasteiger partial charge in [0.2, 0.25) is 23.6 Å². The second-order valence-electron chi connectivity index (χ2n) is 7.53. The van der Waals surface area contributed by atoms with Crippen LogP contribution in [0.25, 0.3) is 0 Å². The summed E-state index contributed by atoms with van der Waals surface area (Å²) in [6, 6.07) is -5.00. The summed E-state index contributed by atoms with van der Waals surface area (Å²) in [6.07, 6.45) is -0.252. The van der Waals surface area contributed by atoms with Crippen molar-refractivity contribution in [2.24, 2.45) is 17.2 Å². The minimum atomic E-state index is -1.43. The van der Waals surface area contributed by atoms with Gasteiger partial charge >= 0.3 is 11.9 Å². The fraction of sp³-hybridized carbons (Fsp3) is 0.684. The molecule has 0 saturated heterocycles. The zero-order chi connectivity index (χ0) is 26.3. The molecule has 0 aliphatic carbocycles. The molecule has 4 atom stereocenters. The van der Waals surface area contributed by atoms with Crippen LogP contribution in [0.15, 0.2) is 0 Å². The first-order valence-electron chi connectivity index (χ1n) is 10.6. The third-order valence-electron chi connectivity index (χ3n) is 4.69. The highest BCUT2D eigenvalue weighted by molar-refractivity contribution is 7.80. The van der Waals surface area contributed by atoms with E-state index in [-0.39, 0.29) is 31.4 Å². The van der Waals surface area contributed by atoms with Gasteiger partial charge in [-0.2, -0.15) is 12.6 Å². The minimum Gasteiger partial charge on any atom is -0.481 e. The van der Waals surface area contributed by atoms with Crippen LogP contribution in [0.5, 0.6) is 0 Å². The lowest BCUT2D eigenvalue weighted by Crippen LogP contribution is -2.57. The molecule has 0 aromatic carbocycles. The Hall–Kier alpha value is -2.91. The molecule has 34 heavy (non-hydrogen) atoms. The van der Waals surface area contributed by atoms with Crippen LogP contribution < -0.4 is 33.2 Å².